The number of hydrogen-bond donors (Lipinski definition) is 0. The Hall–Kier alpha value is -3.81. The van der Waals surface area contributed by atoms with Gasteiger partial charge in [-0.3, -0.25) is 4.79 Å². The van der Waals surface area contributed by atoms with Crippen molar-refractivity contribution in [1.82, 2.24) is 0 Å². The summed E-state index contributed by atoms with van der Waals surface area (Å²) < 4.78 is 32.1. The molecule has 1 aliphatic heterocycles. The molecule has 42 heavy (non-hydrogen) atoms. The van der Waals surface area contributed by atoms with Gasteiger partial charge in [0.25, 0.3) is 0 Å². The third kappa shape index (κ3) is 8.60. The molecule has 0 aromatic heterocycles. The first kappa shape index (κ1) is 29.7. The molecule has 5 atom stereocenters. The summed E-state index contributed by atoms with van der Waals surface area (Å²) in [6, 6.07) is 40.1. The Labute approximate surface area is 248 Å². The molecule has 4 aromatic rings. The summed E-state index contributed by atoms with van der Waals surface area (Å²) in [6.07, 6.45) is -2.20. The van der Waals surface area contributed by atoms with Gasteiger partial charge in [0.15, 0.2) is 6.10 Å². The van der Waals surface area contributed by atoms with Crippen molar-refractivity contribution in [3.63, 3.8) is 0 Å². The van der Waals surface area contributed by atoms with Crippen molar-refractivity contribution in [2.75, 3.05) is 6.61 Å². The van der Waals surface area contributed by atoms with Crippen LogP contribution in [0.1, 0.15) is 29.2 Å². The second-order valence-electron chi connectivity index (χ2n) is 10.5. The minimum absolute atomic E-state index is 0.289. The summed E-state index contributed by atoms with van der Waals surface area (Å²) in [4.78, 5) is 12.4. The summed E-state index contributed by atoms with van der Waals surface area (Å²) in [5.74, 6) is -0.393. The first-order chi connectivity index (χ1) is 20.7. The fourth-order valence-corrected chi connectivity index (χ4v) is 5.26. The molecule has 0 amide bonds. The first-order valence-electron chi connectivity index (χ1n) is 14.4. The Morgan fingerprint density at radius 1 is 0.571 bits per heavy atom. The molecule has 1 saturated heterocycles. The van der Waals surface area contributed by atoms with Gasteiger partial charge in [-0.15, -0.1) is 0 Å². The Balaban J connectivity index is 1.44. The summed E-state index contributed by atoms with van der Waals surface area (Å²) in [7, 11) is 0. The van der Waals surface area contributed by atoms with Crippen LogP contribution in [-0.2, 0) is 54.7 Å². The zero-order chi connectivity index (χ0) is 29.0. The molecule has 1 fully saturated rings. The van der Waals surface area contributed by atoms with Gasteiger partial charge in [0.05, 0.1) is 26.4 Å². The van der Waals surface area contributed by atoms with E-state index in [9.17, 15) is 4.79 Å². The van der Waals surface area contributed by atoms with Crippen LogP contribution in [-0.4, -0.2) is 43.1 Å². The molecule has 6 heteroatoms. The lowest BCUT2D eigenvalue weighted by Crippen LogP contribution is -2.62. The Morgan fingerprint density at radius 3 is 1.52 bits per heavy atom. The Morgan fingerprint density at radius 2 is 1.02 bits per heavy atom. The first-order valence-corrected chi connectivity index (χ1v) is 14.4. The summed E-state index contributed by atoms with van der Waals surface area (Å²) in [6.45, 7) is 2.84. The highest BCUT2D eigenvalue weighted by Crippen LogP contribution is 2.32. The van der Waals surface area contributed by atoms with Gasteiger partial charge < -0.3 is 23.7 Å². The average Bonchev–Trinajstić information content (AvgIpc) is 3.02. The lowest BCUT2D eigenvalue weighted by atomic mass is 9.90. The SMILES string of the molecule is CC(=O)O[C@@H]1[C@@H](OCc2ccccc2)[C@H](OCc2ccccc2)[C@@H](COCc2ccccc2)O[C@@H]1Cc1ccccc1. The number of hydrogen-bond acceptors (Lipinski definition) is 6. The lowest BCUT2D eigenvalue weighted by Gasteiger charge is -2.46. The van der Waals surface area contributed by atoms with Gasteiger partial charge in [-0.25, -0.2) is 0 Å². The lowest BCUT2D eigenvalue weighted by molar-refractivity contribution is -0.265. The fourth-order valence-electron chi connectivity index (χ4n) is 5.26. The average molecular weight is 567 g/mol. The monoisotopic (exact) mass is 566 g/mol. The number of esters is 1. The number of rotatable bonds is 13. The summed E-state index contributed by atoms with van der Waals surface area (Å²) in [5, 5.41) is 0. The Bertz CT molecular complexity index is 1330. The van der Waals surface area contributed by atoms with E-state index in [1.807, 2.05) is 121 Å². The minimum atomic E-state index is -0.683. The normalized spacial score (nSPS) is 22.0. The van der Waals surface area contributed by atoms with E-state index < -0.39 is 36.5 Å². The van der Waals surface area contributed by atoms with E-state index in [2.05, 4.69) is 0 Å². The molecule has 0 radical (unpaired) electrons. The molecule has 0 spiro atoms. The van der Waals surface area contributed by atoms with Crippen LogP contribution in [0.25, 0.3) is 0 Å². The van der Waals surface area contributed by atoms with Crippen molar-refractivity contribution in [2.24, 2.45) is 0 Å². The Kier molecular flexibility index (Phi) is 10.9. The standard InChI is InChI=1S/C36H38O6/c1-27(37)41-35-32(22-28-14-6-2-7-15-28)42-33(26-38-23-29-16-8-3-9-17-29)34(39-24-30-18-10-4-11-19-30)36(35)40-25-31-20-12-5-13-21-31/h2-21,32-36H,22-26H2,1H3/t32-,33-,34-,35+,36+/m1/s1. The third-order valence-corrected chi connectivity index (χ3v) is 7.28. The molecule has 5 rings (SSSR count). The van der Waals surface area contributed by atoms with Gasteiger partial charge in [-0.2, -0.15) is 0 Å². The van der Waals surface area contributed by atoms with Crippen molar-refractivity contribution in [3.05, 3.63) is 144 Å². The molecule has 4 aromatic carbocycles. The van der Waals surface area contributed by atoms with E-state index in [4.69, 9.17) is 23.7 Å². The van der Waals surface area contributed by atoms with Gasteiger partial charge >= 0.3 is 5.97 Å². The summed E-state index contributed by atoms with van der Waals surface area (Å²) >= 11 is 0. The van der Waals surface area contributed by atoms with Gasteiger partial charge in [-0.05, 0) is 22.3 Å². The van der Waals surface area contributed by atoms with Gasteiger partial charge in [0.1, 0.15) is 24.4 Å². The molecule has 0 unspecified atom stereocenters. The molecule has 218 valence electrons. The van der Waals surface area contributed by atoms with Crippen LogP contribution in [0.15, 0.2) is 121 Å². The molecular weight excluding hydrogens is 528 g/mol. The number of carbonyl (C=O) groups excluding carboxylic acids is 1. The maximum Gasteiger partial charge on any atom is 0.303 e. The highest BCUT2D eigenvalue weighted by molar-refractivity contribution is 5.66. The van der Waals surface area contributed by atoms with Gasteiger partial charge in [0.2, 0.25) is 0 Å². The number of carbonyl (C=O) groups is 1. The van der Waals surface area contributed by atoms with Crippen LogP contribution in [0.3, 0.4) is 0 Å². The second kappa shape index (κ2) is 15.4. The molecular formula is C36H38O6. The van der Waals surface area contributed by atoms with Crippen molar-refractivity contribution >= 4 is 5.97 Å². The van der Waals surface area contributed by atoms with E-state index in [-0.39, 0.29) is 6.61 Å². The maximum atomic E-state index is 12.4. The largest absolute Gasteiger partial charge is 0.457 e. The zero-order valence-electron chi connectivity index (χ0n) is 23.9. The highest BCUT2D eigenvalue weighted by Gasteiger charge is 2.49. The van der Waals surface area contributed by atoms with Crippen molar-refractivity contribution in [3.8, 4) is 0 Å². The predicted molar refractivity (Wildman–Crippen MR) is 160 cm³/mol. The highest BCUT2D eigenvalue weighted by atomic mass is 16.6. The molecule has 0 saturated carbocycles. The van der Waals surface area contributed by atoms with Crippen molar-refractivity contribution in [1.29, 1.82) is 0 Å². The van der Waals surface area contributed by atoms with E-state index in [0.29, 0.717) is 26.2 Å². The molecule has 0 N–H and O–H groups in total. The van der Waals surface area contributed by atoms with E-state index in [1.54, 1.807) is 0 Å². The van der Waals surface area contributed by atoms with Crippen molar-refractivity contribution in [2.45, 2.75) is 63.7 Å². The minimum Gasteiger partial charge on any atom is -0.457 e. The third-order valence-electron chi connectivity index (χ3n) is 7.28. The van der Waals surface area contributed by atoms with Crippen LogP contribution in [0.4, 0.5) is 0 Å². The van der Waals surface area contributed by atoms with Crippen molar-refractivity contribution < 1.29 is 28.5 Å². The quantitative estimate of drug-likeness (QED) is 0.177. The van der Waals surface area contributed by atoms with Gasteiger partial charge in [0, 0.05) is 13.3 Å². The van der Waals surface area contributed by atoms with Crippen LogP contribution >= 0.6 is 0 Å². The second-order valence-corrected chi connectivity index (χ2v) is 10.5. The van der Waals surface area contributed by atoms with Gasteiger partial charge in [-0.1, -0.05) is 121 Å². The van der Waals surface area contributed by atoms with Crippen LogP contribution in [0, 0.1) is 0 Å². The number of benzene rings is 4. The van der Waals surface area contributed by atoms with Crippen LogP contribution in [0.5, 0.6) is 0 Å². The van der Waals surface area contributed by atoms with E-state index >= 15 is 0 Å². The fraction of sp³-hybridized carbons (Fsp3) is 0.306. The molecule has 1 aliphatic rings. The number of ether oxygens (including phenoxy) is 5. The zero-order valence-corrected chi connectivity index (χ0v) is 23.9. The molecule has 0 bridgehead atoms. The molecule has 1 heterocycles. The molecule has 6 nitrogen and oxygen atoms in total. The predicted octanol–water partition coefficient (Wildman–Crippen LogP) is 6.32. The smallest absolute Gasteiger partial charge is 0.303 e. The van der Waals surface area contributed by atoms with E-state index in [1.165, 1.54) is 6.92 Å². The molecule has 0 aliphatic carbocycles. The van der Waals surface area contributed by atoms with Crippen LogP contribution < -0.4 is 0 Å². The maximum absolute atomic E-state index is 12.4. The van der Waals surface area contributed by atoms with E-state index in [0.717, 1.165) is 22.3 Å². The topological polar surface area (TPSA) is 63.2 Å². The van der Waals surface area contributed by atoms with Crippen LogP contribution in [0.2, 0.25) is 0 Å². The summed E-state index contributed by atoms with van der Waals surface area (Å²) in [5.41, 5.74) is 4.20.